The number of hydrogen-bond acceptors (Lipinski definition) is 5. The second-order valence-electron chi connectivity index (χ2n) is 5.01. The molecule has 0 radical (unpaired) electrons. The van der Waals surface area contributed by atoms with Crippen molar-refractivity contribution in [3.05, 3.63) is 23.4 Å². The van der Waals surface area contributed by atoms with Gasteiger partial charge in [-0.05, 0) is 30.0 Å². The minimum Gasteiger partial charge on any atom is -0.375 e. The maximum Gasteiger partial charge on any atom is 0.534 e. The highest BCUT2D eigenvalue weighted by atomic mass is 32.2. The van der Waals surface area contributed by atoms with E-state index in [1.54, 1.807) is 26.8 Å². The number of halogens is 3. The molecule has 122 valence electrons. The Morgan fingerprint density at radius 3 is 2.45 bits per heavy atom. The summed E-state index contributed by atoms with van der Waals surface area (Å²) in [6.07, 6.45) is 0.358. The standard InChI is InChI=1S/C13H14F3NO4S/c1-4-9-12-10(20-17-9)5-8(7(2)3)6-11(12)21-22(18,19)13(14,15)16/h5-7H,4H2,1-3H3. The average Bonchev–Trinajstić information content (AvgIpc) is 2.80. The first-order chi connectivity index (χ1) is 10.1. The molecule has 0 aliphatic heterocycles. The second kappa shape index (κ2) is 5.45. The zero-order valence-electron chi connectivity index (χ0n) is 12.1. The molecular weight excluding hydrogens is 323 g/mol. The molecule has 0 N–H and O–H groups in total. The van der Waals surface area contributed by atoms with E-state index in [1.807, 2.05) is 0 Å². The molecule has 2 rings (SSSR count). The number of benzene rings is 1. The minimum absolute atomic E-state index is 0.0597. The molecule has 2 aromatic rings. The van der Waals surface area contributed by atoms with Gasteiger partial charge in [0.25, 0.3) is 0 Å². The Morgan fingerprint density at radius 1 is 1.32 bits per heavy atom. The van der Waals surface area contributed by atoms with Crippen LogP contribution in [0.1, 0.15) is 37.9 Å². The van der Waals surface area contributed by atoms with Crippen molar-refractivity contribution < 1.29 is 30.3 Å². The van der Waals surface area contributed by atoms with Crippen LogP contribution < -0.4 is 4.18 Å². The lowest BCUT2D eigenvalue weighted by molar-refractivity contribution is -0.0499. The van der Waals surface area contributed by atoms with Gasteiger partial charge in [0.1, 0.15) is 0 Å². The smallest absolute Gasteiger partial charge is 0.375 e. The van der Waals surface area contributed by atoms with Gasteiger partial charge in [-0.2, -0.15) is 21.6 Å². The van der Waals surface area contributed by atoms with E-state index in [1.165, 1.54) is 6.07 Å². The summed E-state index contributed by atoms with van der Waals surface area (Å²) in [6, 6.07) is 2.88. The van der Waals surface area contributed by atoms with E-state index in [2.05, 4.69) is 9.34 Å². The lowest BCUT2D eigenvalue weighted by Crippen LogP contribution is -2.28. The van der Waals surface area contributed by atoms with Crippen molar-refractivity contribution in [2.24, 2.45) is 0 Å². The number of rotatable bonds is 4. The van der Waals surface area contributed by atoms with Gasteiger partial charge < -0.3 is 8.71 Å². The third-order valence-corrected chi connectivity index (χ3v) is 4.08. The Hall–Kier alpha value is -1.77. The number of nitrogens with zero attached hydrogens (tertiary/aromatic N) is 1. The normalized spacial score (nSPS) is 13.0. The molecule has 0 saturated heterocycles. The Morgan fingerprint density at radius 2 is 1.95 bits per heavy atom. The Bertz CT molecular complexity index is 793. The molecule has 1 aromatic heterocycles. The van der Waals surface area contributed by atoms with E-state index >= 15 is 0 Å². The first-order valence-electron chi connectivity index (χ1n) is 6.49. The quantitative estimate of drug-likeness (QED) is 0.628. The van der Waals surface area contributed by atoms with Crippen LogP contribution in [-0.4, -0.2) is 19.1 Å². The van der Waals surface area contributed by atoms with Gasteiger partial charge in [0, 0.05) is 0 Å². The third-order valence-electron chi connectivity index (χ3n) is 3.12. The van der Waals surface area contributed by atoms with Crippen molar-refractivity contribution in [1.29, 1.82) is 0 Å². The SMILES string of the molecule is CCc1noc2cc(C(C)C)cc(OS(=O)(=O)C(F)(F)F)c12. The van der Waals surface area contributed by atoms with E-state index in [4.69, 9.17) is 4.52 Å². The first-order valence-corrected chi connectivity index (χ1v) is 7.90. The monoisotopic (exact) mass is 337 g/mol. The molecular formula is C13H14F3NO4S. The first kappa shape index (κ1) is 16.6. The topological polar surface area (TPSA) is 69.4 Å². The van der Waals surface area contributed by atoms with Crippen molar-refractivity contribution in [2.45, 2.75) is 38.6 Å². The molecule has 0 spiro atoms. The van der Waals surface area contributed by atoms with Crippen molar-refractivity contribution in [1.82, 2.24) is 5.16 Å². The van der Waals surface area contributed by atoms with Gasteiger partial charge in [0.15, 0.2) is 11.3 Å². The second-order valence-corrected chi connectivity index (χ2v) is 6.55. The van der Waals surface area contributed by atoms with Gasteiger partial charge in [-0.15, -0.1) is 0 Å². The summed E-state index contributed by atoms with van der Waals surface area (Å²) in [5.74, 6) is -0.479. The van der Waals surface area contributed by atoms with Crippen LogP contribution in [0.2, 0.25) is 0 Å². The van der Waals surface area contributed by atoms with Gasteiger partial charge in [-0.1, -0.05) is 25.9 Å². The van der Waals surface area contributed by atoms with Crippen molar-refractivity contribution in [3.63, 3.8) is 0 Å². The van der Waals surface area contributed by atoms with Gasteiger partial charge in [-0.3, -0.25) is 0 Å². The molecule has 0 fully saturated rings. The summed E-state index contributed by atoms with van der Waals surface area (Å²) >= 11 is 0. The predicted octanol–water partition coefficient (Wildman–Crippen LogP) is 3.74. The summed E-state index contributed by atoms with van der Waals surface area (Å²) in [7, 11) is -5.76. The van der Waals surface area contributed by atoms with Crippen LogP contribution in [0.5, 0.6) is 5.75 Å². The lowest BCUT2D eigenvalue weighted by atomic mass is 10.0. The minimum atomic E-state index is -5.76. The zero-order chi connectivity index (χ0) is 16.7. The average molecular weight is 337 g/mol. The van der Waals surface area contributed by atoms with E-state index < -0.39 is 21.4 Å². The highest BCUT2D eigenvalue weighted by molar-refractivity contribution is 7.88. The molecule has 0 amide bonds. The molecule has 0 aliphatic carbocycles. The maximum absolute atomic E-state index is 12.5. The van der Waals surface area contributed by atoms with Crippen LogP contribution in [0.15, 0.2) is 16.7 Å². The molecule has 1 heterocycles. The van der Waals surface area contributed by atoms with E-state index in [0.29, 0.717) is 17.7 Å². The van der Waals surface area contributed by atoms with Crippen LogP contribution in [-0.2, 0) is 16.5 Å². The summed E-state index contributed by atoms with van der Waals surface area (Å²) in [5.41, 5.74) is -4.40. The van der Waals surface area contributed by atoms with E-state index in [-0.39, 0.29) is 16.9 Å². The predicted molar refractivity (Wildman–Crippen MR) is 73.1 cm³/mol. The summed E-state index contributed by atoms with van der Waals surface area (Å²) in [6.45, 7) is 5.33. The van der Waals surface area contributed by atoms with Crippen LogP contribution in [0.4, 0.5) is 13.2 Å². The number of fused-ring (bicyclic) bond motifs is 1. The fourth-order valence-electron chi connectivity index (χ4n) is 1.92. The van der Waals surface area contributed by atoms with Crippen LogP contribution in [0, 0.1) is 0 Å². The fourth-order valence-corrected chi connectivity index (χ4v) is 2.38. The maximum atomic E-state index is 12.5. The molecule has 22 heavy (non-hydrogen) atoms. The molecule has 9 heteroatoms. The van der Waals surface area contributed by atoms with Gasteiger partial charge in [0.05, 0.1) is 11.1 Å². The largest absolute Gasteiger partial charge is 0.534 e. The summed E-state index contributed by atoms with van der Waals surface area (Å²) in [4.78, 5) is 0. The summed E-state index contributed by atoms with van der Waals surface area (Å²) in [5, 5.41) is 3.87. The van der Waals surface area contributed by atoms with Crippen LogP contribution in [0.25, 0.3) is 11.0 Å². The van der Waals surface area contributed by atoms with Crippen LogP contribution >= 0.6 is 0 Å². The summed E-state index contributed by atoms with van der Waals surface area (Å²) < 4.78 is 69.5. The Labute approximate surface area is 125 Å². The molecule has 5 nitrogen and oxygen atoms in total. The Balaban J connectivity index is 2.67. The number of aromatic nitrogens is 1. The number of alkyl halides is 3. The van der Waals surface area contributed by atoms with Crippen molar-refractivity contribution >= 4 is 21.1 Å². The zero-order valence-corrected chi connectivity index (χ0v) is 12.9. The lowest BCUT2D eigenvalue weighted by Gasteiger charge is -2.12. The van der Waals surface area contributed by atoms with Crippen LogP contribution in [0.3, 0.4) is 0 Å². The van der Waals surface area contributed by atoms with Gasteiger partial charge in [0.2, 0.25) is 0 Å². The van der Waals surface area contributed by atoms with E-state index in [0.717, 1.165) is 0 Å². The highest BCUT2D eigenvalue weighted by Crippen LogP contribution is 2.36. The number of hydrogen-bond donors (Lipinski definition) is 0. The molecule has 0 unspecified atom stereocenters. The Kier molecular flexibility index (Phi) is 4.12. The van der Waals surface area contributed by atoms with Crippen molar-refractivity contribution in [2.75, 3.05) is 0 Å². The molecule has 0 saturated carbocycles. The van der Waals surface area contributed by atoms with Crippen molar-refractivity contribution in [3.8, 4) is 5.75 Å². The number of aryl methyl sites for hydroxylation is 1. The van der Waals surface area contributed by atoms with Gasteiger partial charge >= 0.3 is 15.6 Å². The molecule has 0 atom stereocenters. The third kappa shape index (κ3) is 2.90. The molecule has 0 bridgehead atoms. The van der Waals surface area contributed by atoms with E-state index in [9.17, 15) is 21.6 Å². The molecule has 1 aromatic carbocycles. The molecule has 0 aliphatic rings. The fraction of sp³-hybridized carbons (Fsp3) is 0.462. The van der Waals surface area contributed by atoms with Gasteiger partial charge in [-0.25, -0.2) is 0 Å². The highest BCUT2D eigenvalue weighted by Gasteiger charge is 2.49.